The van der Waals surface area contributed by atoms with Gasteiger partial charge >= 0.3 is 0 Å². The molecule has 0 unspecified atom stereocenters. The molecule has 1 aliphatic heterocycles. The number of aliphatic hydroxyl groups is 1. The van der Waals surface area contributed by atoms with E-state index in [1.54, 1.807) is 11.8 Å². The first-order chi connectivity index (χ1) is 19.8. The Labute approximate surface area is 275 Å². The number of benzene rings is 2. The van der Waals surface area contributed by atoms with Crippen molar-refractivity contribution in [3.8, 4) is 11.3 Å². The molecule has 2 aromatic carbocycles. The van der Waals surface area contributed by atoms with Crippen LogP contribution in [0.15, 0.2) is 70.4 Å². The molecule has 5 rings (SSSR count). The van der Waals surface area contributed by atoms with Crippen molar-refractivity contribution in [2.45, 2.75) is 103 Å². The molecule has 231 valence electrons. The summed E-state index contributed by atoms with van der Waals surface area (Å²) >= 11 is 1.73. The SMILES string of the molecule is CC(C)(C)c1ccc2c3c(nccc13)-c1[c-]c3ccccc3nc1S2.CCC(C)(CC)C(=O)/C=C(\O)C(C)(CC)CC.[Ir]. The molecule has 0 saturated heterocycles. The number of pyridine rings is 2. The van der Waals surface area contributed by atoms with Crippen molar-refractivity contribution in [1.29, 1.82) is 0 Å². The maximum Gasteiger partial charge on any atom is 0.164 e. The van der Waals surface area contributed by atoms with E-state index >= 15 is 0 Å². The summed E-state index contributed by atoms with van der Waals surface area (Å²) in [6.45, 7) is 18.9. The van der Waals surface area contributed by atoms with Crippen molar-refractivity contribution < 1.29 is 30.0 Å². The van der Waals surface area contributed by atoms with Crippen molar-refractivity contribution in [2.75, 3.05) is 0 Å². The fourth-order valence-corrected chi connectivity index (χ4v) is 6.30. The number of aromatic nitrogens is 2. The predicted octanol–water partition coefficient (Wildman–Crippen LogP) is 10.7. The maximum atomic E-state index is 12.2. The zero-order chi connectivity index (χ0) is 30.9. The molecule has 0 spiro atoms. The number of rotatable bonds is 7. The van der Waals surface area contributed by atoms with Gasteiger partial charge in [-0.25, -0.2) is 0 Å². The van der Waals surface area contributed by atoms with Crippen molar-refractivity contribution in [2.24, 2.45) is 10.8 Å². The minimum Gasteiger partial charge on any atom is -0.512 e. The van der Waals surface area contributed by atoms with E-state index < -0.39 is 0 Å². The second kappa shape index (κ2) is 13.6. The Hall–Kier alpha value is -2.53. The van der Waals surface area contributed by atoms with Crippen LogP contribution in [0.5, 0.6) is 0 Å². The van der Waals surface area contributed by atoms with Crippen LogP contribution in [0.3, 0.4) is 0 Å². The van der Waals surface area contributed by atoms with E-state index in [1.165, 1.54) is 27.3 Å². The first kappa shape index (κ1) is 35.0. The molecular formula is C37H45IrN2O2S-. The number of fused-ring (bicyclic) bond motifs is 3. The summed E-state index contributed by atoms with van der Waals surface area (Å²) in [4.78, 5) is 23.0. The Morgan fingerprint density at radius 1 is 0.907 bits per heavy atom. The van der Waals surface area contributed by atoms with Gasteiger partial charge in [-0.05, 0) is 65.1 Å². The zero-order valence-corrected chi connectivity index (χ0v) is 30.2. The molecule has 2 aromatic heterocycles. The molecule has 0 atom stereocenters. The van der Waals surface area contributed by atoms with Crippen molar-refractivity contribution >= 4 is 39.2 Å². The number of ketones is 1. The molecule has 4 aromatic rings. The van der Waals surface area contributed by atoms with Crippen molar-refractivity contribution in [3.05, 3.63) is 72.1 Å². The Morgan fingerprint density at radius 3 is 2.14 bits per heavy atom. The standard InChI is InChI=1S/C22H17N2S.C15H28O2.Ir/c1-22(2,3)16-8-9-18-19-14(16)10-11-23-20(19)15-12-13-6-4-5-7-17(13)24-21(15)25-18;1-7-14(5,8-2)12(16)11-13(17)15(6,9-3)10-4;/h4-11H,1-3H3;11,16H,7-10H2,1-6H3;/q-1;;/b;12-11-;. The van der Waals surface area contributed by atoms with Gasteiger partial charge in [0.1, 0.15) is 5.76 Å². The van der Waals surface area contributed by atoms with Crippen LogP contribution in [0.2, 0.25) is 0 Å². The molecule has 0 aliphatic carbocycles. The van der Waals surface area contributed by atoms with Gasteiger partial charge < -0.3 is 10.1 Å². The van der Waals surface area contributed by atoms with Crippen molar-refractivity contribution in [3.63, 3.8) is 0 Å². The molecule has 1 aliphatic rings. The van der Waals surface area contributed by atoms with Gasteiger partial charge in [-0.15, -0.1) is 23.9 Å². The third-order valence-corrected chi connectivity index (χ3v) is 10.4. The number of carbonyl (C=O) groups is 1. The molecule has 6 heteroatoms. The van der Waals surface area contributed by atoms with Gasteiger partial charge in [0.05, 0.1) is 0 Å². The average molecular weight is 774 g/mol. The molecule has 43 heavy (non-hydrogen) atoms. The number of aliphatic hydroxyl groups excluding tert-OH is 1. The summed E-state index contributed by atoms with van der Waals surface area (Å²) in [5, 5.41) is 14.7. The van der Waals surface area contributed by atoms with E-state index in [-0.39, 0.29) is 47.9 Å². The third kappa shape index (κ3) is 6.92. The van der Waals surface area contributed by atoms with Gasteiger partial charge in [0.2, 0.25) is 0 Å². The van der Waals surface area contributed by atoms with Gasteiger partial charge in [0, 0.05) is 58.8 Å². The molecule has 1 radical (unpaired) electrons. The Kier molecular flexibility index (Phi) is 11.1. The Morgan fingerprint density at radius 2 is 1.53 bits per heavy atom. The van der Waals surface area contributed by atoms with Crippen LogP contribution in [-0.4, -0.2) is 20.9 Å². The van der Waals surface area contributed by atoms with E-state index in [0.717, 1.165) is 52.9 Å². The second-order valence-corrected chi connectivity index (χ2v) is 13.9. The van der Waals surface area contributed by atoms with Gasteiger partial charge in [0.15, 0.2) is 5.78 Å². The molecule has 0 bridgehead atoms. The van der Waals surface area contributed by atoms with Crippen LogP contribution in [0.25, 0.3) is 32.9 Å². The van der Waals surface area contributed by atoms with Crippen LogP contribution in [0.1, 0.15) is 93.6 Å². The van der Waals surface area contributed by atoms with Crippen LogP contribution in [-0.2, 0) is 30.3 Å². The van der Waals surface area contributed by atoms with Gasteiger partial charge in [0.25, 0.3) is 0 Å². The van der Waals surface area contributed by atoms with E-state index in [9.17, 15) is 9.90 Å². The minimum atomic E-state index is -0.337. The summed E-state index contributed by atoms with van der Waals surface area (Å²) in [6.07, 6.45) is 6.67. The average Bonchev–Trinajstić information content (AvgIpc) is 2.99. The topological polar surface area (TPSA) is 63.1 Å². The molecule has 0 fully saturated rings. The normalized spacial score (nSPS) is 13.2. The number of allylic oxidation sites excluding steroid dienone is 2. The number of nitrogens with zero attached hydrogens (tertiary/aromatic N) is 2. The predicted molar refractivity (Wildman–Crippen MR) is 177 cm³/mol. The van der Waals surface area contributed by atoms with Crippen LogP contribution in [0.4, 0.5) is 0 Å². The fraction of sp³-hybridized carbons (Fsp3) is 0.432. The molecule has 3 heterocycles. The third-order valence-electron chi connectivity index (χ3n) is 9.34. The van der Waals surface area contributed by atoms with Gasteiger partial charge in [-0.1, -0.05) is 97.5 Å². The van der Waals surface area contributed by atoms with E-state index in [1.807, 2.05) is 65.9 Å². The summed E-state index contributed by atoms with van der Waals surface area (Å²) in [5.41, 5.74) is 3.85. The summed E-state index contributed by atoms with van der Waals surface area (Å²) in [5.74, 6) is 0.286. The quantitative estimate of drug-likeness (QED) is 0.101. The zero-order valence-electron chi connectivity index (χ0n) is 27.0. The smallest absolute Gasteiger partial charge is 0.164 e. The largest absolute Gasteiger partial charge is 0.512 e. The van der Waals surface area contributed by atoms with Crippen LogP contribution in [0, 0.1) is 16.9 Å². The Bertz CT molecular complexity index is 1650. The van der Waals surface area contributed by atoms with E-state index in [2.05, 4.69) is 51.1 Å². The molecule has 0 amide bonds. The Balaban J connectivity index is 0.000000250. The number of para-hydroxylation sites is 1. The number of hydrogen-bond acceptors (Lipinski definition) is 5. The summed E-state index contributed by atoms with van der Waals surface area (Å²) in [7, 11) is 0. The second-order valence-electron chi connectivity index (χ2n) is 12.9. The maximum absolute atomic E-state index is 12.2. The first-order valence-electron chi connectivity index (χ1n) is 15.2. The molecule has 4 nitrogen and oxygen atoms in total. The van der Waals surface area contributed by atoms with Gasteiger partial charge in [-0.2, -0.15) is 0 Å². The number of carbonyl (C=O) groups excluding carboxylic acids is 1. The summed E-state index contributed by atoms with van der Waals surface area (Å²) < 4.78 is 0. The van der Waals surface area contributed by atoms with Crippen molar-refractivity contribution in [1.82, 2.24) is 9.97 Å². The molecule has 1 N–H and O–H groups in total. The fourth-order valence-electron chi connectivity index (χ4n) is 5.25. The van der Waals surface area contributed by atoms with Crippen LogP contribution < -0.4 is 0 Å². The number of hydrogen-bond donors (Lipinski definition) is 1. The van der Waals surface area contributed by atoms with E-state index in [0.29, 0.717) is 0 Å². The van der Waals surface area contributed by atoms with E-state index in [4.69, 9.17) is 9.97 Å². The monoisotopic (exact) mass is 774 g/mol. The molecule has 0 saturated carbocycles. The first-order valence-corrected chi connectivity index (χ1v) is 16.0. The van der Waals surface area contributed by atoms with Gasteiger partial charge in [-0.3, -0.25) is 9.78 Å². The molecular weight excluding hydrogens is 729 g/mol. The summed E-state index contributed by atoms with van der Waals surface area (Å²) in [6, 6.07) is 18.3. The minimum absolute atomic E-state index is 0. The van der Waals surface area contributed by atoms with Crippen LogP contribution >= 0.6 is 11.8 Å².